The van der Waals surface area contributed by atoms with Crippen LogP contribution in [0.3, 0.4) is 0 Å². The Morgan fingerprint density at radius 1 is 1.33 bits per heavy atom. The lowest BCUT2D eigenvalue weighted by Crippen LogP contribution is -2.45. The highest BCUT2D eigenvalue weighted by Crippen LogP contribution is 2.41. The van der Waals surface area contributed by atoms with Crippen LogP contribution in [0.2, 0.25) is 0 Å². The van der Waals surface area contributed by atoms with Gasteiger partial charge in [-0.25, -0.2) is 4.79 Å². The number of amides is 3. The topological polar surface area (TPSA) is 122 Å². The molecular formula is C10H12N2O6. The minimum Gasteiger partial charge on any atom is -0.481 e. The molecule has 0 aromatic heterocycles. The number of hydrogen-bond donors (Lipinski definition) is 3. The van der Waals surface area contributed by atoms with Crippen molar-refractivity contribution in [3.05, 3.63) is 0 Å². The molecule has 0 aromatic rings. The Labute approximate surface area is 102 Å². The number of rotatable bonds is 2. The molecule has 1 unspecified atom stereocenters. The van der Waals surface area contributed by atoms with Gasteiger partial charge < -0.3 is 15.2 Å². The molecule has 2 aliphatic rings. The maximum absolute atomic E-state index is 11.7. The van der Waals surface area contributed by atoms with Crippen LogP contribution in [0.5, 0.6) is 0 Å². The molecule has 2 fully saturated rings. The number of urea groups is 1. The Balaban J connectivity index is 2.29. The predicted octanol–water partition coefficient (Wildman–Crippen LogP) is -1.15. The van der Waals surface area contributed by atoms with Crippen molar-refractivity contribution in [2.45, 2.75) is 18.4 Å². The highest BCUT2D eigenvalue weighted by atomic mass is 16.5. The van der Waals surface area contributed by atoms with E-state index in [4.69, 9.17) is 5.11 Å². The van der Waals surface area contributed by atoms with Crippen molar-refractivity contribution in [3.8, 4) is 0 Å². The third-order valence-electron chi connectivity index (χ3n) is 3.46. The van der Waals surface area contributed by atoms with E-state index in [0.717, 1.165) is 7.11 Å². The van der Waals surface area contributed by atoms with Crippen molar-refractivity contribution in [2.75, 3.05) is 7.11 Å². The average molecular weight is 256 g/mol. The molecule has 3 amide bonds. The Bertz CT molecular complexity index is 448. The fraction of sp³-hybridized carbons (Fsp3) is 0.600. The molecule has 8 heteroatoms. The smallest absolute Gasteiger partial charge is 0.322 e. The van der Waals surface area contributed by atoms with Crippen LogP contribution in [-0.2, 0) is 19.1 Å². The Kier molecular flexibility index (Phi) is 2.72. The van der Waals surface area contributed by atoms with Crippen LogP contribution in [0.1, 0.15) is 12.8 Å². The van der Waals surface area contributed by atoms with Crippen molar-refractivity contribution in [2.24, 2.45) is 11.8 Å². The van der Waals surface area contributed by atoms with Crippen LogP contribution < -0.4 is 10.6 Å². The number of esters is 1. The number of carboxylic acids is 1. The monoisotopic (exact) mass is 256 g/mol. The maximum atomic E-state index is 11.7. The Morgan fingerprint density at radius 3 is 2.39 bits per heavy atom. The predicted molar refractivity (Wildman–Crippen MR) is 55.3 cm³/mol. The minimum absolute atomic E-state index is 0.0613. The van der Waals surface area contributed by atoms with Gasteiger partial charge in [0.05, 0.1) is 18.9 Å². The summed E-state index contributed by atoms with van der Waals surface area (Å²) in [5, 5.41) is 13.5. The number of carbonyl (C=O) groups is 4. The zero-order valence-electron chi connectivity index (χ0n) is 9.56. The molecule has 0 bridgehead atoms. The maximum Gasteiger partial charge on any atom is 0.322 e. The van der Waals surface area contributed by atoms with Crippen LogP contribution in [0, 0.1) is 11.8 Å². The molecule has 2 rings (SSSR count). The lowest BCUT2D eigenvalue weighted by molar-refractivity contribution is -0.154. The van der Waals surface area contributed by atoms with E-state index in [1.54, 1.807) is 0 Å². The highest BCUT2D eigenvalue weighted by Gasteiger charge is 2.58. The average Bonchev–Trinajstić information content (AvgIpc) is 2.80. The first-order valence-corrected chi connectivity index (χ1v) is 5.34. The molecule has 1 heterocycles. The summed E-state index contributed by atoms with van der Waals surface area (Å²) in [4.78, 5) is 45.5. The quantitative estimate of drug-likeness (QED) is 0.423. The molecule has 0 radical (unpaired) electrons. The number of carboxylic acid groups (broad SMARTS) is 1. The van der Waals surface area contributed by atoms with Gasteiger partial charge in [0.1, 0.15) is 5.54 Å². The van der Waals surface area contributed by atoms with Crippen molar-refractivity contribution < 1.29 is 29.0 Å². The molecule has 3 N–H and O–H groups in total. The number of imide groups is 1. The van der Waals surface area contributed by atoms with E-state index in [0.29, 0.717) is 0 Å². The van der Waals surface area contributed by atoms with Gasteiger partial charge in [-0.05, 0) is 12.8 Å². The van der Waals surface area contributed by atoms with E-state index < -0.39 is 41.3 Å². The van der Waals surface area contributed by atoms with Gasteiger partial charge in [0.2, 0.25) is 0 Å². The third kappa shape index (κ3) is 1.69. The van der Waals surface area contributed by atoms with Crippen LogP contribution in [0.15, 0.2) is 0 Å². The minimum atomic E-state index is -1.31. The summed E-state index contributed by atoms with van der Waals surface area (Å²) in [5.74, 6) is -4.44. The number of nitrogens with one attached hydrogen (secondary N) is 2. The second-order valence-corrected chi connectivity index (χ2v) is 4.47. The van der Waals surface area contributed by atoms with Gasteiger partial charge in [-0.1, -0.05) is 0 Å². The van der Waals surface area contributed by atoms with Gasteiger partial charge in [-0.3, -0.25) is 19.7 Å². The van der Waals surface area contributed by atoms with Gasteiger partial charge in [0.25, 0.3) is 5.91 Å². The Hall–Kier alpha value is -2.12. The van der Waals surface area contributed by atoms with Gasteiger partial charge in [0.15, 0.2) is 0 Å². The number of methoxy groups -OCH3 is 1. The van der Waals surface area contributed by atoms with E-state index in [1.807, 2.05) is 0 Å². The van der Waals surface area contributed by atoms with Crippen LogP contribution >= 0.6 is 0 Å². The molecule has 1 spiro atoms. The number of carbonyl (C=O) groups excluding carboxylic acids is 3. The fourth-order valence-electron chi connectivity index (χ4n) is 2.59. The van der Waals surface area contributed by atoms with Crippen molar-refractivity contribution >= 4 is 23.9 Å². The fourth-order valence-corrected chi connectivity index (χ4v) is 2.59. The van der Waals surface area contributed by atoms with E-state index in [9.17, 15) is 19.2 Å². The number of hydrogen-bond acceptors (Lipinski definition) is 5. The van der Waals surface area contributed by atoms with Crippen molar-refractivity contribution in [1.29, 1.82) is 0 Å². The Morgan fingerprint density at radius 2 is 1.94 bits per heavy atom. The normalized spacial score (nSPS) is 34.3. The van der Waals surface area contributed by atoms with E-state index in [2.05, 4.69) is 15.4 Å². The second kappa shape index (κ2) is 3.97. The lowest BCUT2D eigenvalue weighted by atomic mass is 9.96. The molecular weight excluding hydrogens is 244 g/mol. The first kappa shape index (κ1) is 12.3. The zero-order valence-corrected chi connectivity index (χ0v) is 9.56. The van der Waals surface area contributed by atoms with Gasteiger partial charge in [0, 0.05) is 0 Å². The summed E-state index contributed by atoms with van der Waals surface area (Å²) in [6.45, 7) is 0. The molecule has 1 saturated heterocycles. The summed E-state index contributed by atoms with van der Waals surface area (Å²) >= 11 is 0. The molecule has 18 heavy (non-hydrogen) atoms. The van der Waals surface area contributed by atoms with Crippen molar-refractivity contribution in [3.63, 3.8) is 0 Å². The van der Waals surface area contributed by atoms with Crippen LogP contribution in [0.4, 0.5) is 4.79 Å². The summed E-state index contributed by atoms with van der Waals surface area (Å²) in [7, 11) is 1.15. The summed E-state index contributed by atoms with van der Waals surface area (Å²) in [6, 6.07) is -0.672. The SMILES string of the molecule is COC(=O)[C@H]1CC2(C[C@@H]1C(=O)O)NC(=O)NC2=O. The number of aliphatic carboxylic acids is 1. The summed E-state index contributed by atoms with van der Waals surface area (Å²) in [6.07, 6.45) is -0.173. The van der Waals surface area contributed by atoms with Gasteiger partial charge in [-0.15, -0.1) is 0 Å². The lowest BCUT2D eigenvalue weighted by Gasteiger charge is -2.18. The van der Waals surface area contributed by atoms with E-state index in [1.165, 1.54) is 0 Å². The largest absolute Gasteiger partial charge is 0.481 e. The van der Waals surface area contributed by atoms with E-state index in [-0.39, 0.29) is 12.8 Å². The standard InChI is InChI=1S/C10H12N2O6/c1-18-7(15)5-3-10(2-4(5)6(13)14)8(16)11-9(17)12-10/h4-5H,2-3H2,1H3,(H,13,14)(H2,11,12,16,17)/t4-,5-,10?/m0/s1. The molecule has 0 aromatic carbocycles. The van der Waals surface area contributed by atoms with E-state index >= 15 is 0 Å². The zero-order chi connectivity index (χ0) is 13.5. The molecule has 1 saturated carbocycles. The van der Waals surface area contributed by atoms with Crippen LogP contribution in [0.25, 0.3) is 0 Å². The number of ether oxygens (including phenoxy) is 1. The summed E-state index contributed by atoms with van der Waals surface area (Å²) in [5.41, 5.74) is -1.31. The molecule has 3 atom stereocenters. The third-order valence-corrected chi connectivity index (χ3v) is 3.46. The first-order valence-electron chi connectivity index (χ1n) is 5.34. The van der Waals surface area contributed by atoms with Crippen molar-refractivity contribution in [1.82, 2.24) is 10.6 Å². The molecule has 8 nitrogen and oxygen atoms in total. The highest BCUT2D eigenvalue weighted by molar-refractivity contribution is 6.08. The molecule has 98 valence electrons. The second-order valence-electron chi connectivity index (χ2n) is 4.47. The summed E-state index contributed by atoms with van der Waals surface area (Å²) < 4.78 is 4.53. The first-order chi connectivity index (χ1) is 8.39. The van der Waals surface area contributed by atoms with Gasteiger partial charge >= 0.3 is 18.0 Å². The van der Waals surface area contributed by atoms with Crippen LogP contribution in [-0.4, -0.2) is 41.6 Å². The molecule has 1 aliphatic heterocycles. The molecule has 1 aliphatic carbocycles. The van der Waals surface area contributed by atoms with Gasteiger partial charge in [-0.2, -0.15) is 0 Å².